The lowest BCUT2D eigenvalue weighted by Gasteiger charge is -2.58. The van der Waals surface area contributed by atoms with Gasteiger partial charge in [0.25, 0.3) is 25.3 Å². The molecule has 0 heterocycles. The van der Waals surface area contributed by atoms with Gasteiger partial charge in [0.2, 0.25) is 0 Å². The van der Waals surface area contributed by atoms with Crippen molar-refractivity contribution < 1.29 is 122 Å². The first-order chi connectivity index (χ1) is 23.1. The molecule has 1 saturated carbocycles. The van der Waals surface area contributed by atoms with Gasteiger partial charge in [0.1, 0.15) is 0 Å². The Labute approximate surface area is 299 Å². The highest BCUT2D eigenvalue weighted by atomic mass is 79.9. The van der Waals surface area contributed by atoms with Gasteiger partial charge in [-0.05, 0) is 18.4 Å². The predicted octanol–water partition coefficient (Wildman–Crippen LogP) is 10.6. The van der Waals surface area contributed by atoms with Crippen molar-refractivity contribution in [3.8, 4) is 0 Å². The second-order valence-corrected chi connectivity index (χ2v) is 20.1. The van der Waals surface area contributed by atoms with Crippen molar-refractivity contribution >= 4 is 51.5 Å². The summed E-state index contributed by atoms with van der Waals surface area (Å²) in [7, 11) is -17.7. The summed E-state index contributed by atoms with van der Waals surface area (Å²) in [5.41, 5.74) is -46.5. The monoisotopic (exact) mass is 1020 g/mol. The van der Waals surface area contributed by atoms with Crippen molar-refractivity contribution in [3.63, 3.8) is 0 Å². The Morgan fingerprint density at radius 3 is 1.17 bits per heavy atom. The second kappa shape index (κ2) is 12.7. The van der Waals surface area contributed by atoms with E-state index >= 15 is 17.6 Å². The van der Waals surface area contributed by atoms with E-state index in [0.717, 1.165) is 0 Å². The zero-order valence-corrected chi connectivity index (χ0v) is 29.0. The lowest BCUT2D eigenvalue weighted by atomic mass is 9.56. The number of sulfone groups is 2. The van der Waals surface area contributed by atoms with Gasteiger partial charge in [-0.25, -0.2) is 25.6 Å². The van der Waals surface area contributed by atoms with Crippen LogP contribution in [0.15, 0.2) is 24.3 Å². The molecule has 54 heavy (non-hydrogen) atoms. The van der Waals surface area contributed by atoms with E-state index in [9.17, 15) is 105 Å². The van der Waals surface area contributed by atoms with Gasteiger partial charge >= 0.3 is 53.2 Å². The van der Waals surface area contributed by atoms with Crippen molar-refractivity contribution in [2.24, 2.45) is 0 Å². The molecule has 3 unspecified atom stereocenters. The molecule has 4 nitrogen and oxygen atoms in total. The Morgan fingerprint density at radius 1 is 0.481 bits per heavy atom. The molecule has 0 spiro atoms. The van der Waals surface area contributed by atoms with Gasteiger partial charge < -0.3 is 0 Å². The molecule has 1 aromatic carbocycles. The average molecular weight is 1020 g/mol. The van der Waals surface area contributed by atoms with E-state index in [1.165, 1.54) is 0 Å². The molecule has 0 aromatic heterocycles. The maximum atomic E-state index is 16.8. The van der Waals surface area contributed by atoms with Crippen LogP contribution >= 0.6 is 31.9 Å². The van der Waals surface area contributed by atoms with Gasteiger partial charge in [-0.2, -0.15) is 96.6 Å². The molecular formula is C22H10Br2F24O4S2. The van der Waals surface area contributed by atoms with Crippen LogP contribution in [0.2, 0.25) is 0 Å². The number of alkyl halides is 26. The van der Waals surface area contributed by atoms with Crippen molar-refractivity contribution in [2.45, 2.75) is 90.9 Å². The largest absolute Gasteiger partial charge is 0.498 e. The molecule has 316 valence electrons. The van der Waals surface area contributed by atoms with Crippen LogP contribution < -0.4 is 0 Å². The summed E-state index contributed by atoms with van der Waals surface area (Å²) in [6, 6.07) is -3.47. The van der Waals surface area contributed by atoms with Crippen LogP contribution in [0.5, 0.6) is 0 Å². The number of hydrogen-bond acceptors (Lipinski definition) is 4. The maximum absolute atomic E-state index is 16.8. The SMILES string of the molecule is O=S(=O)(C(F)(F)F)C1(S(=O)(=O)C(F)(F)F)CC(Br)(Br)CC(c2ccccc2C(F)(C(F)(F)F)C(F)(F)C(F)(F)F)(C(F)(C(F)(F)F)C(F)(F)C(F)(F)F)C1. The molecule has 1 fully saturated rings. The van der Waals surface area contributed by atoms with E-state index in [1.54, 1.807) is 31.9 Å². The summed E-state index contributed by atoms with van der Waals surface area (Å²) in [4.78, 5) is 0. The molecule has 2 rings (SSSR count). The Morgan fingerprint density at radius 2 is 0.852 bits per heavy atom. The van der Waals surface area contributed by atoms with E-state index in [1.807, 2.05) is 0 Å². The minimum Gasteiger partial charge on any atom is -0.226 e. The zero-order valence-electron chi connectivity index (χ0n) is 24.2. The molecular weight excluding hydrogens is 1010 g/mol. The lowest BCUT2D eigenvalue weighted by molar-refractivity contribution is -0.402. The van der Waals surface area contributed by atoms with Crippen molar-refractivity contribution in [1.82, 2.24) is 0 Å². The third-order valence-corrected chi connectivity index (χ3v) is 14.3. The fourth-order valence-corrected chi connectivity index (χ4v) is 12.9. The number of rotatable bonds is 7. The van der Waals surface area contributed by atoms with E-state index in [2.05, 4.69) is 0 Å². The normalized spacial score (nSPS) is 23.7. The van der Waals surface area contributed by atoms with E-state index in [-0.39, 0.29) is 0 Å². The third-order valence-electron chi connectivity index (χ3n) is 8.08. The summed E-state index contributed by atoms with van der Waals surface area (Å²) < 4.78 is 385. The molecule has 0 amide bonds. The first-order valence-corrected chi connectivity index (χ1v) is 17.1. The average Bonchev–Trinajstić information content (AvgIpc) is 2.91. The topological polar surface area (TPSA) is 68.3 Å². The van der Waals surface area contributed by atoms with E-state index in [0.29, 0.717) is 0 Å². The summed E-state index contributed by atoms with van der Waals surface area (Å²) >= 11 is 3.34. The van der Waals surface area contributed by atoms with Crippen LogP contribution in [0.25, 0.3) is 0 Å². The van der Waals surface area contributed by atoms with Gasteiger partial charge in [0.15, 0.2) is 4.08 Å². The minimum atomic E-state index is -8.84. The van der Waals surface area contributed by atoms with Crippen LogP contribution in [0.1, 0.15) is 30.4 Å². The lowest BCUT2D eigenvalue weighted by Crippen LogP contribution is -2.76. The van der Waals surface area contributed by atoms with Gasteiger partial charge in [0, 0.05) is 12.0 Å². The first kappa shape index (κ1) is 48.5. The third kappa shape index (κ3) is 6.42. The maximum Gasteiger partial charge on any atom is 0.498 e. The van der Waals surface area contributed by atoms with Crippen LogP contribution in [0.4, 0.5) is 105 Å². The second-order valence-electron chi connectivity index (χ2n) is 11.3. The Balaban J connectivity index is 3.82. The van der Waals surface area contributed by atoms with Crippen molar-refractivity contribution in [3.05, 3.63) is 35.4 Å². The number of benzene rings is 1. The highest BCUT2D eigenvalue weighted by Crippen LogP contribution is 2.72. The summed E-state index contributed by atoms with van der Waals surface area (Å²) in [6.45, 7) is 0. The van der Waals surface area contributed by atoms with Crippen LogP contribution in [0, 0.1) is 0 Å². The fourth-order valence-electron chi connectivity index (χ4n) is 5.89. The standard InChI is InChI=1S/C22H10Br2F24O4S2/c23-11(24)5-10(14(26,18(34,35)36)16(29,30)20(40,41)42,6-12(7-11,53(49,50)21(43,44)45)54(51,52)22(46,47)48)8-3-1-2-4-9(8)13(25,17(31,32)33)15(27,28)19(37,38)39/h1-4H,5-7H2. The van der Waals surface area contributed by atoms with Crippen molar-refractivity contribution in [2.75, 3.05) is 0 Å². The summed E-state index contributed by atoms with van der Waals surface area (Å²) in [6.07, 6.45) is -44.1. The molecule has 0 aliphatic heterocycles. The highest BCUT2D eigenvalue weighted by molar-refractivity contribution is 9.25. The Kier molecular flexibility index (Phi) is 11.4. The zero-order chi connectivity index (χ0) is 43.6. The van der Waals surface area contributed by atoms with Crippen molar-refractivity contribution in [1.29, 1.82) is 0 Å². The van der Waals surface area contributed by atoms with Gasteiger partial charge in [-0.3, -0.25) is 0 Å². The molecule has 3 atom stereocenters. The summed E-state index contributed by atoms with van der Waals surface area (Å²) in [5, 5.41) is 0. The minimum absolute atomic E-state index is 0.470. The molecule has 0 saturated heterocycles. The molecule has 0 radical (unpaired) electrons. The number of halogens is 26. The van der Waals surface area contributed by atoms with E-state index < -0.39 is 146 Å². The molecule has 32 heteroatoms. The highest BCUT2D eigenvalue weighted by Gasteiger charge is 2.92. The Hall–Kier alpha value is -1.60. The fraction of sp³-hybridized carbons (Fsp3) is 0.727. The van der Waals surface area contributed by atoms with Crippen LogP contribution in [-0.4, -0.2) is 77.4 Å². The first-order valence-electron chi connectivity index (χ1n) is 12.6. The van der Waals surface area contributed by atoms with Gasteiger partial charge in [-0.15, -0.1) is 0 Å². The molecule has 1 aliphatic carbocycles. The predicted molar refractivity (Wildman–Crippen MR) is 136 cm³/mol. The Bertz CT molecular complexity index is 1780. The quantitative estimate of drug-likeness (QED) is 0.202. The van der Waals surface area contributed by atoms with Gasteiger partial charge in [0.05, 0.1) is 8.65 Å². The number of hydrogen-bond donors (Lipinski definition) is 0. The molecule has 1 aliphatic rings. The van der Waals surface area contributed by atoms with Gasteiger partial charge in [-0.1, -0.05) is 56.1 Å². The molecule has 0 bridgehead atoms. The summed E-state index contributed by atoms with van der Waals surface area (Å²) in [5.74, 6) is -16.9. The van der Waals surface area contributed by atoms with Crippen LogP contribution in [-0.2, 0) is 30.8 Å². The smallest absolute Gasteiger partial charge is 0.226 e. The molecule has 1 aromatic rings. The van der Waals surface area contributed by atoms with Crippen LogP contribution in [0.3, 0.4) is 0 Å². The van der Waals surface area contributed by atoms with E-state index in [4.69, 9.17) is 0 Å². The molecule has 0 N–H and O–H groups in total.